The fourth-order valence-corrected chi connectivity index (χ4v) is 3.55. The smallest absolute Gasteiger partial charge is 0.624 e. The molecular formula is C24H39LiN2O4. The molecule has 0 aromatic heterocycles. The Morgan fingerprint density at radius 3 is 2.29 bits per heavy atom. The second kappa shape index (κ2) is 12.9. The second-order valence-corrected chi connectivity index (χ2v) is 9.28. The van der Waals surface area contributed by atoms with Crippen LogP contribution in [0.25, 0.3) is 5.43 Å². The van der Waals surface area contributed by atoms with E-state index in [4.69, 9.17) is 18.9 Å². The summed E-state index contributed by atoms with van der Waals surface area (Å²) in [5.41, 5.74) is 6.47. The van der Waals surface area contributed by atoms with Gasteiger partial charge in [-0.2, -0.15) is 5.70 Å². The van der Waals surface area contributed by atoms with Gasteiger partial charge in [-0.3, -0.25) is 0 Å². The Kier molecular flexibility index (Phi) is 11.7. The number of rotatable bonds is 11. The zero-order valence-electron chi connectivity index (χ0n) is 20.7. The molecule has 0 radical (unpaired) electrons. The topological polar surface area (TPSA) is 54.3 Å². The van der Waals surface area contributed by atoms with Crippen LogP contribution in [-0.4, -0.2) is 51.8 Å². The minimum absolute atomic E-state index is 0. The predicted octanol–water partition coefficient (Wildman–Crippen LogP) is 2.01. The van der Waals surface area contributed by atoms with Gasteiger partial charge in [-0.05, 0) is 43.6 Å². The summed E-state index contributed by atoms with van der Waals surface area (Å²) in [7, 11) is 5.47. The third kappa shape index (κ3) is 9.17. The molecular weight excluding hydrogens is 387 g/mol. The van der Waals surface area contributed by atoms with Crippen LogP contribution in [0, 0.1) is 17.3 Å². The van der Waals surface area contributed by atoms with Crippen LogP contribution >= 0.6 is 0 Å². The van der Waals surface area contributed by atoms with Gasteiger partial charge in [0, 0.05) is 11.8 Å². The minimum Gasteiger partial charge on any atom is -0.624 e. The van der Waals surface area contributed by atoms with Crippen molar-refractivity contribution in [1.29, 1.82) is 0 Å². The Hall–Kier alpha value is -1.00. The molecule has 0 saturated carbocycles. The summed E-state index contributed by atoms with van der Waals surface area (Å²) in [6.45, 7) is 14.7. The molecule has 6 nitrogen and oxygen atoms in total. The molecule has 1 aliphatic rings. The van der Waals surface area contributed by atoms with Crippen LogP contribution in [-0.2, 0) is 20.8 Å². The Balaban J connectivity index is 0.00000480. The molecule has 31 heavy (non-hydrogen) atoms. The Labute approximate surface area is 200 Å². The van der Waals surface area contributed by atoms with E-state index in [9.17, 15) is 0 Å². The summed E-state index contributed by atoms with van der Waals surface area (Å²) < 4.78 is 23.6. The van der Waals surface area contributed by atoms with E-state index in [1.54, 1.807) is 12.1 Å². The molecule has 7 heteroatoms. The van der Waals surface area contributed by atoms with Crippen molar-refractivity contribution in [1.82, 2.24) is 5.01 Å². The van der Waals surface area contributed by atoms with Gasteiger partial charge in [0.25, 0.3) is 0 Å². The van der Waals surface area contributed by atoms with Crippen LogP contribution in [0.2, 0.25) is 0 Å². The summed E-state index contributed by atoms with van der Waals surface area (Å²) in [6.07, 6.45) is 0.500. The van der Waals surface area contributed by atoms with E-state index in [1.807, 2.05) is 38.4 Å². The van der Waals surface area contributed by atoms with Crippen LogP contribution in [0.5, 0.6) is 5.75 Å². The predicted molar refractivity (Wildman–Crippen MR) is 120 cm³/mol. The molecule has 1 heterocycles. The van der Waals surface area contributed by atoms with Crippen molar-refractivity contribution < 1.29 is 37.8 Å². The van der Waals surface area contributed by atoms with E-state index in [0.717, 1.165) is 23.4 Å². The normalized spacial score (nSPS) is 19.2. The average Bonchev–Trinajstić information content (AvgIpc) is 2.69. The number of hydrogen-bond donors (Lipinski definition) is 0. The van der Waals surface area contributed by atoms with E-state index >= 15 is 0 Å². The molecule has 0 aliphatic carbocycles. The van der Waals surface area contributed by atoms with Crippen LogP contribution in [0.3, 0.4) is 0 Å². The fraction of sp³-hybridized carbons (Fsp3) is 0.667. The standard InChI is InChI=1S/C24H39N2O4.Li/c1-17(13-22-29-15-24(4,5)16-30-22)23(18(2)19(3)25-26(6)7)28-14-20-9-11-21(27-8)12-10-20;/h9-12,17-18,22-23H,3,13-16H2,1-2,4-8H3;/q-1;+1/t17-,18+,23-;/m1./s1. The monoisotopic (exact) mass is 426 g/mol. The molecule has 1 aromatic carbocycles. The van der Waals surface area contributed by atoms with Crippen molar-refractivity contribution in [3.63, 3.8) is 0 Å². The quantitative estimate of drug-likeness (QED) is 0.400. The van der Waals surface area contributed by atoms with E-state index < -0.39 is 0 Å². The minimum atomic E-state index is -0.202. The molecule has 170 valence electrons. The summed E-state index contributed by atoms with van der Waals surface area (Å²) in [6, 6.07) is 7.96. The molecule has 2 rings (SSSR count). The van der Waals surface area contributed by atoms with Gasteiger partial charge in [0.05, 0.1) is 33.0 Å². The fourth-order valence-electron chi connectivity index (χ4n) is 3.55. The van der Waals surface area contributed by atoms with Crippen molar-refractivity contribution >= 4 is 0 Å². The summed E-state index contributed by atoms with van der Waals surface area (Å²) >= 11 is 0. The van der Waals surface area contributed by atoms with Crippen molar-refractivity contribution in [2.24, 2.45) is 17.3 Å². The van der Waals surface area contributed by atoms with E-state index in [1.165, 1.54) is 0 Å². The van der Waals surface area contributed by atoms with Gasteiger partial charge in [-0.15, -0.1) is 6.58 Å². The maximum absolute atomic E-state index is 6.42. The van der Waals surface area contributed by atoms with Crippen LogP contribution in [0.4, 0.5) is 0 Å². The molecule has 1 fully saturated rings. The maximum Gasteiger partial charge on any atom is 1.00 e. The van der Waals surface area contributed by atoms with Gasteiger partial charge in [0.15, 0.2) is 6.29 Å². The van der Waals surface area contributed by atoms with E-state index in [-0.39, 0.29) is 48.5 Å². The maximum atomic E-state index is 6.42. The zero-order valence-corrected chi connectivity index (χ0v) is 20.7. The first kappa shape index (κ1) is 28.0. The summed E-state index contributed by atoms with van der Waals surface area (Å²) in [4.78, 5) is 0. The SMILES string of the molecule is C=C([N-]N(C)C)[C@H](C)[C@H](OCc1ccc(OC)cc1)[C@H](C)CC1OCC(C)(C)CO1.[Li+]. The largest absolute Gasteiger partial charge is 1.00 e. The summed E-state index contributed by atoms with van der Waals surface area (Å²) in [5, 5.41) is 1.78. The molecule has 0 unspecified atom stereocenters. The molecule has 1 aliphatic heterocycles. The number of ether oxygens (including phenoxy) is 4. The van der Waals surface area contributed by atoms with Gasteiger partial charge >= 0.3 is 18.9 Å². The van der Waals surface area contributed by atoms with Gasteiger partial charge in [-0.25, -0.2) is 0 Å². The van der Waals surface area contributed by atoms with Crippen molar-refractivity contribution in [2.75, 3.05) is 34.4 Å². The van der Waals surface area contributed by atoms with Gasteiger partial charge in [0.1, 0.15) is 5.75 Å². The molecule has 1 saturated heterocycles. The average molecular weight is 427 g/mol. The third-order valence-corrected chi connectivity index (χ3v) is 5.39. The molecule has 1 aromatic rings. The third-order valence-electron chi connectivity index (χ3n) is 5.39. The van der Waals surface area contributed by atoms with Crippen molar-refractivity contribution in [3.8, 4) is 5.75 Å². The Morgan fingerprint density at radius 1 is 1.19 bits per heavy atom. The first-order valence-electron chi connectivity index (χ1n) is 10.7. The van der Waals surface area contributed by atoms with Crippen molar-refractivity contribution in [3.05, 3.63) is 47.5 Å². The number of hydrogen-bond acceptors (Lipinski definition) is 5. The Bertz CT molecular complexity index is 656. The molecule has 0 N–H and O–H groups in total. The molecule has 0 spiro atoms. The van der Waals surface area contributed by atoms with Gasteiger partial charge < -0.3 is 29.4 Å². The van der Waals surface area contributed by atoms with Gasteiger partial charge in [0.2, 0.25) is 0 Å². The van der Waals surface area contributed by atoms with Crippen LogP contribution in [0.1, 0.15) is 39.7 Å². The number of nitrogens with zero attached hydrogens (tertiary/aromatic N) is 2. The number of methoxy groups -OCH3 is 1. The van der Waals surface area contributed by atoms with E-state index in [0.29, 0.717) is 19.8 Å². The Morgan fingerprint density at radius 2 is 1.77 bits per heavy atom. The number of benzene rings is 1. The van der Waals surface area contributed by atoms with Crippen molar-refractivity contribution in [2.45, 2.75) is 53.1 Å². The van der Waals surface area contributed by atoms with E-state index in [2.05, 4.69) is 39.7 Å². The summed E-state index contributed by atoms with van der Waals surface area (Å²) in [5.74, 6) is 1.10. The first-order valence-corrected chi connectivity index (χ1v) is 10.7. The molecule has 0 amide bonds. The van der Waals surface area contributed by atoms with Crippen LogP contribution in [0.15, 0.2) is 36.5 Å². The second-order valence-electron chi connectivity index (χ2n) is 9.28. The van der Waals surface area contributed by atoms with Gasteiger partial charge in [-0.1, -0.05) is 39.8 Å². The van der Waals surface area contributed by atoms with Crippen LogP contribution < -0.4 is 23.6 Å². The molecule has 3 atom stereocenters. The zero-order chi connectivity index (χ0) is 22.3. The first-order chi connectivity index (χ1) is 14.1. The molecule has 0 bridgehead atoms.